The number of rotatable bonds is 16. The molecule has 3 aliphatic carbocycles. The standard InChI is InChI=1S/C42H36ClF8N7O5S2/c1-41(2,64(3,60)61)13-12-23-4-7-25(26-9-11-29(43)34-37(26)58(19-31(46)47)56-40(34)57-65(62,63)24-5-6-24)36(54-23)30(16-20-14-21(44)17-22(45)15-20)55-32(59)18-53-38-33(35(52)39(48)49)27-8-10-28(27)42(38,50)51/h4,7,9,11,14-15,17,24,27-28,30-31,39,52-53H,5-6,16,18-19H2,1-3H3,(H,55,59)(H,56,57)/t27-,28+,30-/m0/s1. The minimum Gasteiger partial charge on any atom is -0.374 e. The zero-order valence-electron chi connectivity index (χ0n) is 34.1. The van der Waals surface area contributed by atoms with E-state index in [0.717, 1.165) is 23.1 Å². The summed E-state index contributed by atoms with van der Waals surface area (Å²) in [7, 11) is -7.85. The normalized spacial score (nSPS) is 18.4. The number of allylic oxidation sites excluding steroid dienone is 2. The van der Waals surface area contributed by atoms with E-state index in [-0.39, 0.29) is 49.8 Å². The molecule has 0 unspecified atom stereocenters. The van der Waals surface area contributed by atoms with Crippen LogP contribution in [0.2, 0.25) is 5.02 Å². The summed E-state index contributed by atoms with van der Waals surface area (Å²) in [5.74, 6) is -0.780. The maximum Gasteiger partial charge on any atom is 0.302 e. The number of nitrogens with zero attached hydrogens (tertiary/aromatic N) is 3. The maximum absolute atomic E-state index is 15.5. The third-order valence-electron chi connectivity index (χ3n) is 11.0. The fourth-order valence-electron chi connectivity index (χ4n) is 7.28. The fourth-order valence-corrected chi connectivity index (χ4v) is 9.09. The van der Waals surface area contributed by atoms with Crippen molar-refractivity contribution in [3.05, 3.63) is 87.3 Å². The second kappa shape index (κ2) is 17.3. The van der Waals surface area contributed by atoms with Gasteiger partial charge in [-0.25, -0.2) is 48.2 Å². The second-order valence-electron chi connectivity index (χ2n) is 16.1. The van der Waals surface area contributed by atoms with Gasteiger partial charge in [-0.2, -0.15) is 13.9 Å². The number of carbonyl (C=O) groups is 1. The van der Waals surface area contributed by atoms with Gasteiger partial charge in [-0.3, -0.25) is 19.6 Å². The average molecular weight is 970 g/mol. The smallest absolute Gasteiger partial charge is 0.302 e. The minimum absolute atomic E-state index is 0.00271. The molecule has 1 saturated carbocycles. The zero-order valence-corrected chi connectivity index (χ0v) is 36.5. The van der Waals surface area contributed by atoms with Crippen molar-refractivity contribution in [2.75, 3.05) is 17.5 Å². The molecule has 0 saturated heterocycles. The molecule has 7 rings (SSSR count). The van der Waals surface area contributed by atoms with Crippen molar-refractivity contribution in [2.24, 2.45) is 11.8 Å². The molecule has 23 heteroatoms. The van der Waals surface area contributed by atoms with Crippen LogP contribution < -0.4 is 15.4 Å². The summed E-state index contributed by atoms with van der Waals surface area (Å²) < 4.78 is 169. The van der Waals surface area contributed by atoms with E-state index < -0.39 is 121 Å². The maximum atomic E-state index is 15.5. The summed E-state index contributed by atoms with van der Waals surface area (Å²) in [6.45, 7) is 0.497. The lowest BCUT2D eigenvalue weighted by atomic mass is 9.82. The molecule has 0 spiro atoms. The number of amides is 1. The quantitative estimate of drug-likeness (QED) is 0.0539. The van der Waals surface area contributed by atoms with Gasteiger partial charge in [-0.1, -0.05) is 35.4 Å². The number of nitrogens with one attached hydrogen (secondary N) is 4. The SMILES string of the molecule is CC(C)(C#Cc1ccc(-c2ccc(Cl)c3c(NS(=O)(=O)C4CC4)nn(CC(F)F)c23)c([C@H](Cc2cc(F)cc(F)c2)NC(=O)CNC2=C(C(=N)C(F)F)[C@H]3C#C[C@H]3C2(F)F)n1)S(C)(=O)=O. The molecular formula is C42H36ClF8N7O5S2. The Hall–Kier alpha value is -5.71. The van der Waals surface area contributed by atoms with E-state index in [1.165, 1.54) is 38.1 Å². The Labute approximate surface area is 372 Å². The third kappa shape index (κ3) is 9.52. The van der Waals surface area contributed by atoms with Crippen molar-refractivity contribution in [3.63, 3.8) is 0 Å². The number of hydrogen-bond acceptors (Lipinski definition) is 9. The fraction of sp³-hybridized carbons (Fsp3) is 0.381. The van der Waals surface area contributed by atoms with E-state index in [2.05, 4.69) is 49.1 Å². The Morgan fingerprint density at radius 1 is 1.03 bits per heavy atom. The Kier molecular flexibility index (Phi) is 12.5. The van der Waals surface area contributed by atoms with Crippen LogP contribution in [0.25, 0.3) is 22.0 Å². The first-order chi connectivity index (χ1) is 30.3. The molecule has 2 heterocycles. The van der Waals surface area contributed by atoms with Gasteiger partial charge in [0.2, 0.25) is 15.9 Å². The second-order valence-corrected chi connectivity index (χ2v) is 21.0. The van der Waals surface area contributed by atoms with Gasteiger partial charge in [0, 0.05) is 29.0 Å². The number of anilines is 1. The molecule has 12 nitrogen and oxygen atoms in total. The Morgan fingerprint density at radius 2 is 1.69 bits per heavy atom. The van der Waals surface area contributed by atoms with Gasteiger partial charge in [-0.05, 0) is 74.9 Å². The van der Waals surface area contributed by atoms with Crippen LogP contribution in [0.1, 0.15) is 49.7 Å². The van der Waals surface area contributed by atoms with E-state index in [0.29, 0.717) is 18.9 Å². The minimum atomic E-state index is -4.05. The number of halogens is 9. The highest BCUT2D eigenvalue weighted by Gasteiger charge is 2.59. The number of pyridine rings is 1. The van der Waals surface area contributed by atoms with E-state index >= 15 is 8.78 Å². The average Bonchev–Trinajstić information content (AvgIpc) is 3.96. The van der Waals surface area contributed by atoms with Crippen LogP contribution in [-0.2, 0) is 37.6 Å². The molecule has 0 radical (unpaired) electrons. The molecule has 2 aromatic carbocycles. The lowest BCUT2D eigenvalue weighted by Crippen LogP contribution is -2.41. The number of alkyl halides is 6. The Bertz CT molecular complexity index is 3020. The highest BCUT2D eigenvalue weighted by molar-refractivity contribution is 7.93. The molecule has 2 aromatic heterocycles. The first-order valence-corrected chi connectivity index (χ1v) is 23.3. The predicted octanol–water partition coefficient (Wildman–Crippen LogP) is 6.80. The van der Waals surface area contributed by atoms with Crippen LogP contribution in [0, 0.1) is 52.6 Å². The topological polar surface area (TPSA) is 176 Å². The largest absolute Gasteiger partial charge is 0.374 e. The number of carbonyl (C=O) groups excluding carboxylic acids is 1. The Morgan fingerprint density at radius 3 is 2.28 bits per heavy atom. The van der Waals surface area contributed by atoms with Crippen LogP contribution in [0.4, 0.5) is 40.9 Å². The van der Waals surface area contributed by atoms with Crippen LogP contribution in [0.3, 0.4) is 0 Å². The Balaban J connectivity index is 1.40. The monoisotopic (exact) mass is 969 g/mol. The van der Waals surface area contributed by atoms with E-state index in [4.69, 9.17) is 17.0 Å². The first kappa shape index (κ1) is 47.3. The number of aromatic nitrogens is 3. The molecule has 4 N–H and O–H groups in total. The molecule has 0 bridgehead atoms. The van der Waals surface area contributed by atoms with Crippen LogP contribution >= 0.6 is 11.6 Å². The molecular weight excluding hydrogens is 934 g/mol. The van der Waals surface area contributed by atoms with Gasteiger partial charge in [0.05, 0.1) is 51.1 Å². The number of fused-ring (bicyclic) bond motifs is 2. The summed E-state index contributed by atoms with van der Waals surface area (Å²) in [6.07, 6.45) is -5.42. The van der Waals surface area contributed by atoms with E-state index in [9.17, 15) is 48.0 Å². The predicted molar refractivity (Wildman–Crippen MR) is 225 cm³/mol. The number of sulfone groups is 1. The third-order valence-corrected chi connectivity index (χ3v) is 15.1. The summed E-state index contributed by atoms with van der Waals surface area (Å²) in [6, 6.07) is 6.15. The molecule has 1 fully saturated rings. The van der Waals surface area contributed by atoms with Crippen molar-refractivity contribution in [1.82, 2.24) is 25.4 Å². The van der Waals surface area contributed by atoms with Gasteiger partial charge >= 0.3 is 5.92 Å². The van der Waals surface area contributed by atoms with Gasteiger partial charge in [0.1, 0.15) is 40.2 Å². The van der Waals surface area contributed by atoms with Crippen LogP contribution in [0.15, 0.2) is 53.7 Å². The first-order valence-electron chi connectivity index (χ1n) is 19.5. The van der Waals surface area contributed by atoms with Gasteiger partial charge < -0.3 is 10.6 Å². The molecule has 0 aliphatic heterocycles. The summed E-state index contributed by atoms with van der Waals surface area (Å²) in [5.41, 5.74) is -3.98. The molecule has 344 valence electrons. The summed E-state index contributed by atoms with van der Waals surface area (Å²) in [5, 5.41) is 15.7. The van der Waals surface area contributed by atoms with Gasteiger partial charge in [0.25, 0.3) is 12.9 Å². The molecule has 65 heavy (non-hydrogen) atoms. The van der Waals surface area contributed by atoms with Crippen molar-refractivity contribution >= 4 is 59.8 Å². The number of benzene rings is 2. The lowest BCUT2D eigenvalue weighted by Gasteiger charge is -2.25. The van der Waals surface area contributed by atoms with Gasteiger partial charge in [0.15, 0.2) is 15.7 Å². The zero-order chi connectivity index (χ0) is 47.6. The highest BCUT2D eigenvalue weighted by atomic mass is 35.5. The molecule has 3 aliphatic rings. The van der Waals surface area contributed by atoms with Crippen molar-refractivity contribution in [1.29, 1.82) is 5.41 Å². The van der Waals surface area contributed by atoms with Crippen molar-refractivity contribution in [3.8, 4) is 34.8 Å². The van der Waals surface area contributed by atoms with E-state index in [1.807, 2.05) is 0 Å². The van der Waals surface area contributed by atoms with Gasteiger partial charge in [-0.15, -0.1) is 0 Å². The molecule has 1 amide bonds. The van der Waals surface area contributed by atoms with E-state index in [1.54, 1.807) is 0 Å². The summed E-state index contributed by atoms with van der Waals surface area (Å²) in [4.78, 5) is 18.5. The molecule has 3 atom stereocenters. The lowest BCUT2D eigenvalue weighted by molar-refractivity contribution is -0.121. The van der Waals surface area contributed by atoms with Crippen LogP contribution in [0.5, 0.6) is 0 Å². The molecule has 4 aromatic rings. The number of hydrogen-bond donors (Lipinski definition) is 4. The van der Waals surface area contributed by atoms with Crippen LogP contribution in [-0.4, -0.2) is 84.8 Å². The summed E-state index contributed by atoms with van der Waals surface area (Å²) >= 11 is 6.61. The van der Waals surface area contributed by atoms with Crippen molar-refractivity contribution < 1.29 is 56.8 Å². The number of sulfonamides is 1. The highest BCUT2D eigenvalue weighted by Crippen LogP contribution is 2.51. The van der Waals surface area contributed by atoms with Crippen molar-refractivity contribution in [2.45, 2.75) is 74.5 Å².